The van der Waals surface area contributed by atoms with Crippen LogP contribution in [0.15, 0.2) is 40.8 Å². The zero-order valence-electron chi connectivity index (χ0n) is 18.4. The van der Waals surface area contributed by atoms with Crippen molar-refractivity contribution in [3.8, 4) is 16.9 Å². The van der Waals surface area contributed by atoms with Crippen molar-refractivity contribution in [1.29, 1.82) is 0 Å². The number of ether oxygens (including phenoxy) is 1. The quantitative estimate of drug-likeness (QED) is 0.423. The number of aryl methyl sites for hydroxylation is 1. The Morgan fingerprint density at radius 3 is 2.71 bits per heavy atom. The van der Waals surface area contributed by atoms with Crippen LogP contribution in [0.3, 0.4) is 0 Å². The van der Waals surface area contributed by atoms with Crippen molar-refractivity contribution in [3.63, 3.8) is 0 Å². The molecule has 0 saturated heterocycles. The van der Waals surface area contributed by atoms with E-state index in [2.05, 4.69) is 10.3 Å². The first-order valence-electron chi connectivity index (χ1n) is 10.8. The molecule has 0 atom stereocenters. The predicted molar refractivity (Wildman–Crippen MR) is 134 cm³/mol. The molecule has 0 unspecified atom stereocenters. The van der Waals surface area contributed by atoms with Gasteiger partial charge in [-0.1, -0.05) is 12.1 Å². The molecule has 4 aromatic rings. The number of nitrogens with one attached hydrogen (secondary N) is 1. The number of hydrogen-bond donors (Lipinski definition) is 2. The van der Waals surface area contributed by atoms with Gasteiger partial charge in [-0.15, -0.1) is 22.7 Å². The van der Waals surface area contributed by atoms with E-state index in [1.807, 2.05) is 29.6 Å². The highest BCUT2D eigenvalue weighted by atomic mass is 32.1. The number of methoxy groups -OCH3 is 1. The van der Waals surface area contributed by atoms with E-state index in [1.165, 1.54) is 33.6 Å². The lowest BCUT2D eigenvalue weighted by atomic mass is 9.95. The Morgan fingerprint density at radius 2 is 1.97 bits per heavy atom. The number of nitrogens with two attached hydrogens (primary N) is 1. The van der Waals surface area contributed by atoms with Crippen LogP contribution in [0.5, 0.6) is 5.75 Å². The minimum Gasteiger partial charge on any atom is -0.497 e. The summed E-state index contributed by atoms with van der Waals surface area (Å²) in [4.78, 5) is 44.3. The molecule has 0 radical (unpaired) electrons. The van der Waals surface area contributed by atoms with E-state index in [1.54, 1.807) is 7.11 Å². The molecule has 3 aromatic heterocycles. The molecular weight excluding hydrogens is 472 g/mol. The third-order valence-electron chi connectivity index (χ3n) is 5.95. The SMILES string of the molecule is COc1ccc(-c2csc3ncn(CC(=O)Nc4sc5c(c4C(N)=O)CCCC5)c(=O)c23)cc1. The Bertz CT molecular complexity index is 1470. The van der Waals surface area contributed by atoms with Crippen LogP contribution in [-0.2, 0) is 24.2 Å². The van der Waals surface area contributed by atoms with Gasteiger partial charge in [0.25, 0.3) is 11.5 Å². The van der Waals surface area contributed by atoms with Crippen molar-refractivity contribution >= 4 is 49.7 Å². The lowest BCUT2D eigenvalue weighted by Gasteiger charge is -2.11. The molecule has 0 bridgehead atoms. The van der Waals surface area contributed by atoms with Gasteiger partial charge < -0.3 is 15.8 Å². The lowest BCUT2D eigenvalue weighted by molar-refractivity contribution is -0.116. The van der Waals surface area contributed by atoms with Crippen molar-refractivity contribution in [3.05, 3.63) is 62.3 Å². The van der Waals surface area contributed by atoms with Crippen LogP contribution < -0.4 is 21.3 Å². The van der Waals surface area contributed by atoms with Crippen LogP contribution in [0.2, 0.25) is 0 Å². The molecule has 1 aliphatic carbocycles. The number of carbonyl (C=O) groups excluding carboxylic acids is 2. The van der Waals surface area contributed by atoms with Crippen molar-refractivity contribution in [2.24, 2.45) is 5.73 Å². The van der Waals surface area contributed by atoms with E-state index in [0.29, 0.717) is 20.8 Å². The Morgan fingerprint density at radius 1 is 1.21 bits per heavy atom. The number of carbonyl (C=O) groups is 2. The zero-order valence-corrected chi connectivity index (χ0v) is 20.1. The van der Waals surface area contributed by atoms with Gasteiger partial charge in [0.15, 0.2) is 0 Å². The van der Waals surface area contributed by atoms with E-state index in [-0.39, 0.29) is 12.1 Å². The average Bonchev–Trinajstić information content (AvgIpc) is 3.42. The van der Waals surface area contributed by atoms with Crippen molar-refractivity contribution < 1.29 is 14.3 Å². The number of nitrogens with zero attached hydrogens (tertiary/aromatic N) is 2. The summed E-state index contributed by atoms with van der Waals surface area (Å²) < 4.78 is 6.50. The standard InChI is InChI=1S/C24H22N4O4S2/c1-32-14-8-6-13(7-9-14)16-11-33-22-20(16)24(31)28(12-26-22)10-18(29)27-23-19(21(25)30)15-4-2-3-5-17(15)34-23/h6-9,11-12H,2-5,10H2,1H3,(H2,25,30)(H,27,29). The minimum atomic E-state index is -0.544. The van der Waals surface area contributed by atoms with Gasteiger partial charge in [-0.05, 0) is 48.9 Å². The van der Waals surface area contributed by atoms with Gasteiger partial charge in [-0.3, -0.25) is 19.0 Å². The molecule has 0 fully saturated rings. The first-order valence-corrected chi connectivity index (χ1v) is 12.5. The van der Waals surface area contributed by atoms with E-state index in [9.17, 15) is 14.4 Å². The third-order valence-corrected chi connectivity index (χ3v) is 8.04. The molecule has 174 valence electrons. The second-order valence-electron chi connectivity index (χ2n) is 8.06. The molecule has 0 saturated carbocycles. The zero-order chi connectivity index (χ0) is 23.8. The van der Waals surface area contributed by atoms with E-state index in [4.69, 9.17) is 10.5 Å². The molecule has 10 heteroatoms. The lowest BCUT2D eigenvalue weighted by Crippen LogP contribution is -2.28. The second-order valence-corrected chi connectivity index (χ2v) is 10.0. The van der Waals surface area contributed by atoms with Crippen LogP contribution >= 0.6 is 22.7 Å². The van der Waals surface area contributed by atoms with Crippen molar-refractivity contribution in [2.45, 2.75) is 32.2 Å². The Hall–Kier alpha value is -3.50. The minimum absolute atomic E-state index is 0.222. The molecule has 34 heavy (non-hydrogen) atoms. The molecule has 3 N–H and O–H groups in total. The summed E-state index contributed by atoms with van der Waals surface area (Å²) in [6.45, 7) is -0.222. The fraction of sp³-hybridized carbons (Fsp3) is 0.250. The number of hydrogen-bond acceptors (Lipinski definition) is 7. The van der Waals surface area contributed by atoms with Crippen LogP contribution in [0.1, 0.15) is 33.6 Å². The Labute approximate surface area is 203 Å². The number of benzene rings is 1. The smallest absolute Gasteiger partial charge is 0.263 e. The Balaban J connectivity index is 1.44. The number of primary amides is 1. The molecule has 0 spiro atoms. The average molecular weight is 495 g/mol. The maximum absolute atomic E-state index is 13.3. The van der Waals surface area contributed by atoms with E-state index in [0.717, 1.165) is 53.0 Å². The fourth-order valence-electron chi connectivity index (χ4n) is 4.30. The molecular formula is C24H22N4O4S2. The molecule has 1 aromatic carbocycles. The summed E-state index contributed by atoms with van der Waals surface area (Å²) in [5.74, 6) is -0.232. The van der Waals surface area contributed by atoms with Crippen molar-refractivity contribution in [2.75, 3.05) is 12.4 Å². The number of rotatable bonds is 6. The first-order chi connectivity index (χ1) is 16.5. The topological polar surface area (TPSA) is 116 Å². The van der Waals surface area contributed by atoms with E-state index < -0.39 is 11.8 Å². The molecule has 3 heterocycles. The van der Waals surface area contributed by atoms with Gasteiger partial charge in [-0.2, -0.15) is 0 Å². The normalized spacial score (nSPS) is 13.0. The second kappa shape index (κ2) is 9.03. The Kier molecular flexibility index (Phi) is 5.93. The molecule has 5 rings (SSSR count). The number of thiophene rings is 2. The number of fused-ring (bicyclic) bond motifs is 2. The van der Waals surface area contributed by atoms with Gasteiger partial charge in [0.1, 0.15) is 22.1 Å². The number of aromatic nitrogens is 2. The highest BCUT2D eigenvalue weighted by Gasteiger charge is 2.25. The summed E-state index contributed by atoms with van der Waals surface area (Å²) in [6.07, 6.45) is 5.09. The largest absolute Gasteiger partial charge is 0.497 e. The van der Waals surface area contributed by atoms with E-state index >= 15 is 0 Å². The number of anilines is 1. The van der Waals surface area contributed by atoms with Crippen LogP contribution in [0.4, 0.5) is 5.00 Å². The number of amides is 2. The van der Waals surface area contributed by atoms with Crippen LogP contribution in [-0.4, -0.2) is 28.5 Å². The van der Waals surface area contributed by atoms with Gasteiger partial charge in [-0.25, -0.2) is 4.98 Å². The van der Waals surface area contributed by atoms with Crippen molar-refractivity contribution in [1.82, 2.24) is 9.55 Å². The molecule has 2 amide bonds. The van der Waals surface area contributed by atoms with Gasteiger partial charge in [0.2, 0.25) is 5.91 Å². The highest BCUT2D eigenvalue weighted by molar-refractivity contribution is 7.17. The van der Waals surface area contributed by atoms with Crippen LogP contribution in [0.25, 0.3) is 21.3 Å². The molecule has 1 aliphatic rings. The highest BCUT2D eigenvalue weighted by Crippen LogP contribution is 2.38. The molecule has 0 aliphatic heterocycles. The predicted octanol–water partition coefficient (Wildman–Crippen LogP) is 3.81. The summed E-state index contributed by atoms with van der Waals surface area (Å²) in [5.41, 5.74) is 8.29. The molecule has 8 nitrogen and oxygen atoms in total. The third kappa shape index (κ3) is 3.99. The van der Waals surface area contributed by atoms with Crippen LogP contribution in [0, 0.1) is 0 Å². The first kappa shape index (κ1) is 22.3. The van der Waals surface area contributed by atoms with Gasteiger partial charge >= 0.3 is 0 Å². The monoisotopic (exact) mass is 494 g/mol. The fourth-order valence-corrected chi connectivity index (χ4v) is 6.52. The summed E-state index contributed by atoms with van der Waals surface area (Å²) in [6, 6.07) is 7.43. The maximum Gasteiger partial charge on any atom is 0.263 e. The summed E-state index contributed by atoms with van der Waals surface area (Å²) >= 11 is 2.77. The maximum atomic E-state index is 13.3. The van der Waals surface area contributed by atoms with Gasteiger partial charge in [0, 0.05) is 15.8 Å². The summed E-state index contributed by atoms with van der Waals surface area (Å²) in [5, 5.41) is 5.62. The van der Waals surface area contributed by atoms with Gasteiger partial charge in [0.05, 0.1) is 24.4 Å². The summed E-state index contributed by atoms with van der Waals surface area (Å²) in [7, 11) is 1.60.